The predicted octanol–water partition coefficient (Wildman–Crippen LogP) is 2.93. The minimum Gasteiger partial charge on any atom is -0.309 e. The molecule has 3 aromatic rings. The Bertz CT molecular complexity index is 1540. The highest BCUT2D eigenvalue weighted by Crippen LogP contribution is 2.32. The zero-order valence-corrected chi connectivity index (χ0v) is 22.9. The highest BCUT2D eigenvalue weighted by atomic mass is 32.2. The van der Waals surface area contributed by atoms with Crippen molar-refractivity contribution in [3.05, 3.63) is 46.0 Å². The Kier molecular flexibility index (Phi) is 7.05. The van der Waals surface area contributed by atoms with E-state index in [0.717, 1.165) is 25.7 Å². The van der Waals surface area contributed by atoms with Gasteiger partial charge in [0.15, 0.2) is 5.78 Å². The van der Waals surface area contributed by atoms with E-state index < -0.39 is 10.0 Å². The highest BCUT2D eigenvalue weighted by molar-refractivity contribution is 7.89. The highest BCUT2D eigenvalue weighted by Gasteiger charge is 2.31. The maximum Gasteiger partial charge on any atom is 0.263 e. The van der Waals surface area contributed by atoms with Crippen molar-refractivity contribution in [3.63, 3.8) is 0 Å². The number of aromatic nitrogens is 4. The fraction of sp³-hybridized carbons (Fsp3) is 0.500. The van der Waals surface area contributed by atoms with Gasteiger partial charge in [-0.15, -0.1) is 0 Å². The fourth-order valence-electron chi connectivity index (χ4n) is 5.65. The zero-order valence-electron chi connectivity index (χ0n) is 22.1. The van der Waals surface area contributed by atoms with Crippen LogP contribution in [0.5, 0.6) is 0 Å². The average Bonchev–Trinajstić information content (AvgIpc) is 3.38. The number of anilines is 2. The van der Waals surface area contributed by atoms with Gasteiger partial charge in [0, 0.05) is 49.0 Å². The summed E-state index contributed by atoms with van der Waals surface area (Å²) in [6.45, 7) is 7.86. The average molecular weight is 540 g/mol. The van der Waals surface area contributed by atoms with Crippen LogP contribution in [-0.4, -0.2) is 63.2 Å². The number of sulfonamides is 1. The van der Waals surface area contributed by atoms with Gasteiger partial charge in [0.25, 0.3) is 5.56 Å². The zero-order chi connectivity index (χ0) is 27.2. The molecule has 2 fully saturated rings. The Morgan fingerprint density at radius 3 is 2.37 bits per heavy atom. The van der Waals surface area contributed by atoms with E-state index in [-0.39, 0.29) is 45.9 Å². The standard InChI is InChI=1S/C26H33N7O4S/c1-15-13-32(14-16(2)29-15)38(36,37)20-9-10-22(27-11-20)30-26-28-12-21-17(3)23(18(4)34)25(35)33(24(21)31-26)19-7-5-6-8-19/h9-12,15-16,19,29H,5-8,13-14H2,1-4H3,(H,27,28,30,31). The third kappa shape index (κ3) is 4.83. The van der Waals surface area contributed by atoms with E-state index in [9.17, 15) is 18.0 Å². The number of pyridine rings is 2. The monoisotopic (exact) mass is 539 g/mol. The second-order valence-corrected chi connectivity index (χ2v) is 12.3. The molecule has 1 saturated heterocycles. The van der Waals surface area contributed by atoms with Crippen LogP contribution in [0.3, 0.4) is 0 Å². The third-order valence-electron chi connectivity index (χ3n) is 7.39. The lowest BCUT2D eigenvalue weighted by atomic mass is 10.0. The van der Waals surface area contributed by atoms with Crippen LogP contribution in [0.2, 0.25) is 0 Å². The summed E-state index contributed by atoms with van der Waals surface area (Å²) < 4.78 is 29.4. The molecule has 3 aromatic heterocycles. The van der Waals surface area contributed by atoms with Gasteiger partial charge in [-0.25, -0.2) is 18.4 Å². The van der Waals surface area contributed by atoms with Crippen LogP contribution >= 0.6 is 0 Å². The van der Waals surface area contributed by atoms with E-state index >= 15 is 0 Å². The first-order valence-corrected chi connectivity index (χ1v) is 14.4. The molecule has 4 heterocycles. The molecule has 1 saturated carbocycles. The molecular formula is C26H33N7O4S. The van der Waals surface area contributed by atoms with Gasteiger partial charge in [0.05, 0.1) is 5.56 Å². The molecule has 2 aliphatic rings. The molecule has 202 valence electrons. The van der Waals surface area contributed by atoms with Crippen molar-refractivity contribution in [2.75, 3.05) is 18.4 Å². The third-order valence-corrected chi connectivity index (χ3v) is 9.20. The quantitative estimate of drug-likeness (QED) is 0.453. The van der Waals surface area contributed by atoms with E-state index in [1.807, 2.05) is 13.8 Å². The van der Waals surface area contributed by atoms with Crippen molar-refractivity contribution < 1.29 is 13.2 Å². The molecule has 5 rings (SSSR count). The number of hydrogen-bond acceptors (Lipinski definition) is 9. The van der Waals surface area contributed by atoms with Crippen LogP contribution in [0.4, 0.5) is 11.8 Å². The summed E-state index contributed by atoms with van der Waals surface area (Å²) >= 11 is 0. The van der Waals surface area contributed by atoms with E-state index in [0.29, 0.717) is 35.5 Å². The molecule has 0 radical (unpaired) electrons. The normalized spacial score (nSPS) is 21.2. The number of Topliss-reactive ketones (excluding diaryl/α,β-unsaturated/α-hetero) is 1. The number of ketones is 1. The number of aryl methyl sites for hydroxylation is 1. The SMILES string of the molecule is CC(=O)c1c(C)c2cnc(Nc3ccc(S(=O)(=O)N4CC(C)NC(C)C4)cn3)nc2n(C2CCCC2)c1=O. The number of nitrogens with one attached hydrogen (secondary N) is 2. The lowest BCUT2D eigenvalue weighted by molar-refractivity contribution is 0.101. The molecule has 1 aliphatic heterocycles. The Morgan fingerprint density at radius 1 is 1.08 bits per heavy atom. The largest absolute Gasteiger partial charge is 0.309 e. The van der Waals surface area contributed by atoms with E-state index in [1.165, 1.54) is 23.5 Å². The van der Waals surface area contributed by atoms with Gasteiger partial charge in [0.1, 0.15) is 16.4 Å². The molecule has 12 heteroatoms. The Balaban J connectivity index is 1.46. The molecule has 2 unspecified atom stereocenters. The molecule has 0 bridgehead atoms. The molecule has 2 N–H and O–H groups in total. The van der Waals surface area contributed by atoms with Crippen molar-refractivity contribution in [1.29, 1.82) is 0 Å². The summed E-state index contributed by atoms with van der Waals surface area (Å²) in [6, 6.07) is 3.18. The van der Waals surface area contributed by atoms with Gasteiger partial charge >= 0.3 is 0 Å². The maximum atomic E-state index is 13.4. The van der Waals surface area contributed by atoms with E-state index in [2.05, 4.69) is 25.6 Å². The lowest BCUT2D eigenvalue weighted by Gasteiger charge is -2.35. The summed E-state index contributed by atoms with van der Waals surface area (Å²) in [7, 11) is -3.68. The van der Waals surface area contributed by atoms with Gasteiger partial charge in [-0.05, 0) is 58.2 Å². The van der Waals surface area contributed by atoms with Gasteiger partial charge in [-0.1, -0.05) is 12.8 Å². The summed E-state index contributed by atoms with van der Waals surface area (Å²) in [5.41, 5.74) is 0.911. The lowest BCUT2D eigenvalue weighted by Crippen LogP contribution is -2.55. The van der Waals surface area contributed by atoms with Crippen molar-refractivity contribution in [1.82, 2.24) is 29.1 Å². The number of nitrogens with zero attached hydrogens (tertiary/aromatic N) is 5. The molecule has 0 aromatic carbocycles. The summed E-state index contributed by atoms with van der Waals surface area (Å²) in [5.74, 6) is 0.330. The molecule has 38 heavy (non-hydrogen) atoms. The van der Waals surface area contributed by atoms with Gasteiger partial charge in [-0.2, -0.15) is 9.29 Å². The van der Waals surface area contributed by atoms with E-state index in [1.54, 1.807) is 23.8 Å². The smallest absolute Gasteiger partial charge is 0.263 e. The molecule has 11 nitrogen and oxygen atoms in total. The Morgan fingerprint density at radius 2 is 1.76 bits per heavy atom. The van der Waals surface area contributed by atoms with Gasteiger partial charge < -0.3 is 10.6 Å². The predicted molar refractivity (Wildman–Crippen MR) is 144 cm³/mol. The van der Waals surface area contributed by atoms with Gasteiger partial charge in [-0.3, -0.25) is 14.2 Å². The first-order valence-electron chi connectivity index (χ1n) is 13.0. The molecule has 0 amide bonds. The first kappa shape index (κ1) is 26.4. The van der Waals surface area contributed by atoms with Crippen molar-refractivity contribution in [2.24, 2.45) is 0 Å². The minimum atomic E-state index is -3.68. The summed E-state index contributed by atoms with van der Waals surface area (Å²) in [5, 5.41) is 7.02. The van der Waals surface area contributed by atoms with Crippen LogP contribution in [0.15, 0.2) is 34.2 Å². The second-order valence-electron chi connectivity index (χ2n) is 10.4. The topological polar surface area (TPSA) is 139 Å². The van der Waals surface area contributed by atoms with Gasteiger partial charge in [0.2, 0.25) is 16.0 Å². The second kappa shape index (κ2) is 10.2. The minimum absolute atomic E-state index is 0.0236. The van der Waals surface area contributed by atoms with Crippen LogP contribution in [0, 0.1) is 6.92 Å². The molecule has 2 atom stereocenters. The molecule has 1 aliphatic carbocycles. The van der Waals surface area contributed by atoms with Crippen molar-refractivity contribution >= 4 is 38.6 Å². The fourth-order valence-corrected chi connectivity index (χ4v) is 7.22. The Hall–Kier alpha value is -3.22. The number of carbonyl (C=O) groups excluding carboxylic acids is 1. The number of carbonyl (C=O) groups is 1. The van der Waals surface area contributed by atoms with Crippen LogP contribution in [0.1, 0.15) is 68.4 Å². The maximum absolute atomic E-state index is 13.4. The number of hydrogen-bond donors (Lipinski definition) is 2. The van der Waals surface area contributed by atoms with Crippen LogP contribution < -0.4 is 16.2 Å². The summed E-state index contributed by atoms with van der Waals surface area (Å²) in [6.07, 6.45) is 6.68. The Labute approximate surface area is 221 Å². The van der Waals surface area contributed by atoms with Crippen LogP contribution in [-0.2, 0) is 10.0 Å². The number of fused-ring (bicyclic) bond motifs is 1. The first-order chi connectivity index (χ1) is 18.1. The number of rotatable bonds is 6. The molecule has 0 spiro atoms. The van der Waals surface area contributed by atoms with Crippen LogP contribution in [0.25, 0.3) is 11.0 Å². The van der Waals surface area contributed by atoms with E-state index in [4.69, 9.17) is 0 Å². The number of piperazine rings is 1. The van der Waals surface area contributed by atoms with Crippen molar-refractivity contribution in [2.45, 2.75) is 76.4 Å². The molecular weight excluding hydrogens is 506 g/mol. The summed E-state index contributed by atoms with van der Waals surface area (Å²) in [4.78, 5) is 39.2. The van der Waals surface area contributed by atoms with Crippen molar-refractivity contribution in [3.8, 4) is 0 Å².